The van der Waals surface area contributed by atoms with Crippen LogP contribution in [0.2, 0.25) is 0 Å². The average Bonchev–Trinajstić information content (AvgIpc) is 2.48. The first-order valence-electron chi connectivity index (χ1n) is 7.44. The van der Waals surface area contributed by atoms with Crippen LogP contribution in [0.3, 0.4) is 0 Å². The number of nitrogens with one attached hydrogen (secondary N) is 1. The molecule has 5 nitrogen and oxygen atoms in total. The molecule has 2 atom stereocenters. The van der Waals surface area contributed by atoms with Crippen LogP contribution in [0.25, 0.3) is 0 Å². The molecule has 1 amide bonds. The number of aromatic nitrogens is 1. The molecule has 2 unspecified atom stereocenters. The molecular weight excluding hydrogens is 268 g/mol. The minimum Gasteiger partial charge on any atom is -0.481 e. The monoisotopic (exact) mass is 290 g/mol. The van der Waals surface area contributed by atoms with E-state index in [9.17, 15) is 14.7 Å². The van der Waals surface area contributed by atoms with Crippen LogP contribution in [0, 0.1) is 5.41 Å². The van der Waals surface area contributed by atoms with E-state index >= 15 is 0 Å². The summed E-state index contributed by atoms with van der Waals surface area (Å²) in [5.74, 6) is -0.896. The first-order chi connectivity index (χ1) is 10.0. The Morgan fingerprint density at radius 2 is 2.10 bits per heavy atom. The van der Waals surface area contributed by atoms with E-state index in [1.165, 1.54) is 0 Å². The summed E-state index contributed by atoms with van der Waals surface area (Å²) in [7, 11) is 0. The van der Waals surface area contributed by atoms with Crippen molar-refractivity contribution in [2.75, 3.05) is 0 Å². The fraction of sp³-hybridized carbons (Fsp3) is 0.562. The Hall–Kier alpha value is -1.91. The molecular formula is C16H22N2O3. The summed E-state index contributed by atoms with van der Waals surface area (Å²) in [6.07, 6.45) is 7.67. The molecule has 1 aromatic heterocycles. The third-order valence-corrected chi connectivity index (χ3v) is 4.42. The molecule has 1 fully saturated rings. The van der Waals surface area contributed by atoms with Crippen molar-refractivity contribution in [3.63, 3.8) is 0 Å². The number of amides is 1. The standard InChI is InChI=1S/C16H22N2O3/c1-16(15(20)21)9-3-2-4-13(16)18-14(19)6-5-12-7-10-17-11-8-12/h7-8,10-11,13H,2-6,9H2,1H3,(H,18,19)(H,20,21). The lowest BCUT2D eigenvalue weighted by Gasteiger charge is -2.38. The van der Waals surface area contributed by atoms with Crippen molar-refractivity contribution >= 4 is 11.9 Å². The van der Waals surface area contributed by atoms with Gasteiger partial charge in [0.1, 0.15) is 0 Å². The first-order valence-corrected chi connectivity index (χ1v) is 7.44. The van der Waals surface area contributed by atoms with Gasteiger partial charge in [-0.1, -0.05) is 12.8 Å². The van der Waals surface area contributed by atoms with Crippen molar-refractivity contribution < 1.29 is 14.7 Å². The van der Waals surface area contributed by atoms with Gasteiger partial charge < -0.3 is 10.4 Å². The lowest BCUT2D eigenvalue weighted by molar-refractivity contribution is -0.152. The Balaban J connectivity index is 1.90. The van der Waals surface area contributed by atoms with Crippen LogP contribution in [0.1, 0.15) is 44.6 Å². The molecule has 1 heterocycles. The van der Waals surface area contributed by atoms with Crippen molar-refractivity contribution in [3.8, 4) is 0 Å². The quantitative estimate of drug-likeness (QED) is 0.871. The predicted molar refractivity (Wildman–Crippen MR) is 78.7 cm³/mol. The van der Waals surface area contributed by atoms with E-state index in [1.54, 1.807) is 19.3 Å². The molecule has 21 heavy (non-hydrogen) atoms. The van der Waals surface area contributed by atoms with E-state index < -0.39 is 11.4 Å². The average molecular weight is 290 g/mol. The Kier molecular flexibility index (Phi) is 4.94. The van der Waals surface area contributed by atoms with Crippen LogP contribution >= 0.6 is 0 Å². The normalized spacial score (nSPS) is 25.3. The third kappa shape index (κ3) is 3.80. The molecule has 0 aliphatic heterocycles. The van der Waals surface area contributed by atoms with Gasteiger partial charge in [0.2, 0.25) is 5.91 Å². The lowest BCUT2D eigenvalue weighted by atomic mass is 9.71. The second kappa shape index (κ2) is 6.70. The summed E-state index contributed by atoms with van der Waals surface area (Å²) >= 11 is 0. The number of carbonyl (C=O) groups is 2. The Labute approximate surface area is 124 Å². The van der Waals surface area contributed by atoms with Gasteiger partial charge in [-0.3, -0.25) is 14.6 Å². The summed E-state index contributed by atoms with van der Waals surface area (Å²) in [4.78, 5) is 27.5. The van der Waals surface area contributed by atoms with E-state index in [1.807, 2.05) is 12.1 Å². The van der Waals surface area contributed by atoms with Crippen LogP contribution in [0.5, 0.6) is 0 Å². The highest BCUT2D eigenvalue weighted by molar-refractivity contribution is 5.80. The molecule has 1 aliphatic carbocycles. The maximum Gasteiger partial charge on any atom is 0.311 e. The molecule has 0 radical (unpaired) electrons. The number of rotatable bonds is 5. The second-order valence-electron chi connectivity index (χ2n) is 5.94. The number of aryl methyl sites for hydroxylation is 1. The molecule has 2 rings (SSSR count). The first kappa shape index (κ1) is 15.5. The Morgan fingerprint density at radius 1 is 1.38 bits per heavy atom. The zero-order valence-electron chi connectivity index (χ0n) is 12.3. The fourth-order valence-corrected chi connectivity index (χ4v) is 2.89. The van der Waals surface area contributed by atoms with E-state index in [-0.39, 0.29) is 11.9 Å². The van der Waals surface area contributed by atoms with Crippen molar-refractivity contribution in [2.24, 2.45) is 5.41 Å². The van der Waals surface area contributed by atoms with Gasteiger partial charge in [-0.2, -0.15) is 0 Å². The molecule has 114 valence electrons. The Morgan fingerprint density at radius 3 is 2.76 bits per heavy atom. The van der Waals surface area contributed by atoms with Crippen LogP contribution < -0.4 is 5.32 Å². The van der Waals surface area contributed by atoms with Crippen LogP contribution in [0.15, 0.2) is 24.5 Å². The highest BCUT2D eigenvalue weighted by Gasteiger charge is 2.43. The molecule has 0 saturated heterocycles. The van der Waals surface area contributed by atoms with Crippen molar-refractivity contribution in [2.45, 2.75) is 51.5 Å². The summed E-state index contributed by atoms with van der Waals surface area (Å²) in [6, 6.07) is 3.50. The molecule has 0 spiro atoms. The van der Waals surface area contributed by atoms with Gasteiger partial charge in [0.25, 0.3) is 0 Å². The van der Waals surface area contributed by atoms with E-state index in [0.29, 0.717) is 19.3 Å². The minimum atomic E-state index is -0.843. The van der Waals surface area contributed by atoms with E-state index in [4.69, 9.17) is 0 Å². The minimum absolute atomic E-state index is 0.0776. The van der Waals surface area contributed by atoms with Crippen LogP contribution in [-0.2, 0) is 16.0 Å². The van der Waals surface area contributed by atoms with Gasteiger partial charge in [0.05, 0.1) is 5.41 Å². The highest BCUT2D eigenvalue weighted by Crippen LogP contribution is 2.36. The number of pyridine rings is 1. The zero-order chi connectivity index (χ0) is 15.3. The number of hydrogen-bond donors (Lipinski definition) is 2. The van der Waals surface area contributed by atoms with E-state index in [2.05, 4.69) is 10.3 Å². The maximum absolute atomic E-state index is 12.1. The van der Waals surface area contributed by atoms with E-state index in [0.717, 1.165) is 24.8 Å². The lowest BCUT2D eigenvalue weighted by Crippen LogP contribution is -2.52. The number of aliphatic carboxylic acids is 1. The number of nitrogens with zero attached hydrogens (tertiary/aromatic N) is 1. The molecule has 2 N–H and O–H groups in total. The molecule has 0 aromatic carbocycles. The van der Waals surface area contributed by atoms with Gasteiger partial charge in [-0.15, -0.1) is 0 Å². The molecule has 1 aliphatic rings. The second-order valence-corrected chi connectivity index (χ2v) is 5.94. The van der Waals surface area contributed by atoms with Gasteiger partial charge >= 0.3 is 5.97 Å². The summed E-state index contributed by atoms with van der Waals surface area (Å²) < 4.78 is 0. The van der Waals surface area contributed by atoms with Gasteiger partial charge in [0, 0.05) is 24.9 Å². The predicted octanol–water partition coefficient (Wildman–Crippen LogP) is 2.16. The van der Waals surface area contributed by atoms with Gasteiger partial charge in [-0.05, 0) is 43.9 Å². The SMILES string of the molecule is CC1(C(=O)O)CCCCC1NC(=O)CCc1ccncc1. The van der Waals surface area contributed by atoms with Gasteiger partial charge in [-0.25, -0.2) is 0 Å². The van der Waals surface area contributed by atoms with Crippen LogP contribution in [-0.4, -0.2) is 28.0 Å². The molecule has 0 bridgehead atoms. The molecule has 1 saturated carbocycles. The Bertz CT molecular complexity index is 504. The maximum atomic E-state index is 12.1. The summed E-state index contributed by atoms with van der Waals surface area (Å²) in [6.45, 7) is 1.74. The summed E-state index contributed by atoms with van der Waals surface area (Å²) in [5.41, 5.74) is 0.217. The largest absolute Gasteiger partial charge is 0.481 e. The fourth-order valence-electron chi connectivity index (χ4n) is 2.89. The van der Waals surface area contributed by atoms with Crippen molar-refractivity contribution in [1.29, 1.82) is 0 Å². The number of carboxylic acids is 1. The smallest absolute Gasteiger partial charge is 0.311 e. The summed E-state index contributed by atoms with van der Waals surface area (Å²) in [5, 5.41) is 12.4. The van der Waals surface area contributed by atoms with Gasteiger partial charge in [0.15, 0.2) is 0 Å². The molecule has 5 heteroatoms. The molecule has 1 aromatic rings. The topological polar surface area (TPSA) is 79.3 Å². The third-order valence-electron chi connectivity index (χ3n) is 4.42. The van der Waals surface area contributed by atoms with Crippen LogP contribution in [0.4, 0.5) is 0 Å². The number of carboxylic acid groups (broad SMARTS) is 1. The highest BCUT2D eigenvalue weighted by atomic mass is 16.4. The number of hydrogen-bond acceptors (Lipinski definition) is 3. The van der Waals surface area contributed by atoms with Crippen molar-refractivity contribution in [1.82, 2.24) is 10.3 Å². The number of carbonyl (C=O) groups excluding carboxylic acids is 1. The van der Waals surface area contributed by atoms with Crippen molar-refractivity contribution in [3.05, 3.63) is 30.1 Å². The zero-order valence-corrected chi connectivity index (χ0v) is 12.3.